The third-order valence-corrected chi connectivity index (χ3v) is 7.51. The van der Waals surface area contributed by atoms with Gasteiger partial charge in [-0.2, -0.15) is 0 Å². The minimum absolute atomic E-state index is 0.177. The molecule has 5 aromatic rings. The summed E-state index contributed by atoms with van der Waals surface area (Å²) in [4.78, 5) is 20.6. The number of benzene rings is 2. The van der Waals surface area contributed by atoms with E-state index in [1.165, 1.54) is 0 Å². The van der Waals surface area contributed by atoms with Crippen LogP contribution in [0.3, 0.4) is 0 Å². The average Bonchev–Trinajstić information content (AvgIpc) is 3.49. The maximum Gasteiger partial charge on any atom is 0.227 e. The van der Waals surface area contributed by atoms with Crippen LogP contribution in [0.5, 0.6) is 11.5 Å². The molecule has 192 valence electrons. The lowest BCUT2D eigenvalue weighted by Crippen LogP contribution is -2.35. The van der Waals surface area contributed by atoms with Gasteiger partial charge in [-0.25, -0.2) is 15.0 Å². The number of hydrogen-bond acceptors (Lipinski definition) is 9. The van der Waals surface area contributed by atoms with E-state index in [1.807, 2.05) is 60.4 Å². The fourth-order valence-electron chi connectivity index (χ4n) is 4.62. The van der Waals surface area contributed by atoms with Crippen molar-refractivity contribution < 1.29 is 9.47 Å². The van der Waals surface area contributed by atoms with E-state index in [9.17, 15) is 0 Å². The molecule has 2 aromatic carbocycles. The van der Waals surface area contributed by atoms with Crippen molar-refractivity contribution in [2.45, 2.75) is 18.9 Å². The number of piperidine rings is 1. The van der Waals surface area contributed by atoms with Crippen LogP contribution in [0.1, 0.15) is 12.8 Å². The first kappa shape index (κ1) is 24.3. The molecule has 38 heavy (non-hydrogen) atoms. The Balaban J connectivity index is 1.30. The lowest BCUT2D eigenvalue weighted by Gasteiger charge is -2.29. The number of aromatic nitrogens is 4. The van der Waals surface area contributed by atoms with E-state index in [0.29, 0.717) is 11.7 Å². The van der Waals surface area contributed by atoms with Crippen molar-refractivity contribution in [3.63, 3.8) is 0 Å². The molecular formula is C29H28N6O2S. The van der Waals surface area contributed by atoms with Gasteiger partial charge < -0.3 is 19.7 Å². The van der Waals surface area contributed by atoms with Crippen molar-refractivity contribution >= 4 is 33.9 Å². The van der Waals surface area contributed by atoms with E-state index in [-0.39, 0.29) is 6.10 Å². The van der Waals surface area contributed by atoms with Crippen LogP contribution in [0.2, 0.25) is 0 Å². The van der Waals surface area contributed by atoms with E-state index >= 15 is 0 Å². The molecule has 4 heterocycles. The molecule has 1 saturated heterocycles. The molecule has 0 atom stereocenters. The van der Waals surface area contributed by atoms with Gasteiger partial charge in [-0.15, -0.1) is 11.3 Å². The maximum absolute atomic E-state index is 6.55. The van der Waals surface area contributed by atoms with Gasteiger partial charge in [0, 0.05) is 59.8 Å². The quantitative estimate of drug-likeness (QED) is 0.276. The summed E-state index contributed by atoms with van der Waals surface area (Å²) in [6, 6.07) is 14.1. The lowest BCUT2D eigenvalue weighted by atomic mass is 10.1. The van der Waals surface area contributed by atoms with Gasteiger partial charge in [-0.05, 0) is 49.7 Å². The highest BCUT2D eigenvalue weighted by Crippen LogP contribution is 2.36. The van der Waals surface area contributed by atoms with E-state index in [1.54, 1.807) is 24.6 Å². The summed E-state index contributed by atoms with van der Waals surface area (Å²) in [5.41, 5.74) is 4.67. The number of hydrogen-bond donors (Lipinski definition) is 1. The van der Waals surface area contributed by atoms with Gasteiger partial charge in [0.05, 0.1) is 24.4 Å². The molecule has 1 aliphatic heterocycles. The summed E-state index contributed by atoms with van der Waals surface area (Å²) < 4.78 is 11.9. The Kier molecular flexibility index (Phi) is 6.85. The first-order chi connectivity index (χ1) is 18.6. The van der Waals surface area contributed by atoms with Crippen LogP contribution >= 0.6 is 11.3 Å². The highest BCUT2D eigenvalue weighted by atomic mass is 32.1. The van der Waals surface area contributed by atoms with Gasteiger partial charge in [-0.1, -0.05) is 12.1 Å². The predicted molar refractivity (Wildman–Crippen MR) is 151 cm³/mol. The van der Waals surface area contributed by atoms with Crippen molar-refractivity contribution in [1.82, 2.24) is 24.8 Å². The molecule has 0 saturated carbocycles. The number of nitrogens with one attached hydrogen (secondary N) is 1. The monoisotopic (exact) mass is 524 g/mol. The molecule has 1 fully saturated rings. The van der Waals surface area contributed by atoms with E-state index in [2.05, 4.69) is 38.3 Å². The van der Waals surface area contributed by atoms with Gasteiger partial charge in [0.1, 0.15) is 22.6 Å². The number of likely N-dealkylation sites (tertiary alicyclic amines) is 1. The Morgan fingerprint density at radius 1 is 1.00 bits per heavy atom. The molecule has 1 aliphatic rings. The first-order valence-electron chi connectivity index (χ1n) is 12.6. The van der Waals surface area contributed by atoms with E-state index < -0.39 is 0 Å². The fourth-order valence-corrected chi connectivity index (χ4v) is 5.28. The fraction of sp³-hybridized carbons (Fsp3) is 0.241. The topological polar surface area (TPSA) is 85.3 Å². The lowest BCUT2D eigenvalue weighted by molar-refractivity contribution is 0.115. The van der Waals surface area contributed by atoms with Gasteiger partial charge in [0.2, 0.25) is 5.95 Å². The molecule has 0 radical (unpaired) electrons. The minimum atomic E-state index is 0.177. The molecule has 0 amide bonds. The number of thiazole rings is 1. The summed E-state index contributed by atoms with van der Waals surface area (Å²) in [7, 11) is 3.79. The molecule has 0 unspecified atom stereocenters. The van der Waals surface area contributed by atoms with Crippen molar-refractivity contribution in [3.05, 3.63) is 72.6 Å². The highest BCUT2D eigenvalue weighted by molar-refractivity contribution is 7.13. The van der Waals surface area contributed by atoms with Crippen LogP contribution in [-0.2, 0) is 0 Å². The average molecular weight is 525 g/mol. The zero-order valence-corrected chi connectivity index (χ0v) is 22.1. The number of ether oxygens (including phenoxy) is 2. The zero-order valence-electron chi connectivity index (χ0n) is 21.3. The normalized spacial score (nSPS) is 14.5. The van der Waals surface area contributed by atoms with Crippen molar-refractivity contribution in [2.75, 3.05) is 32.6 Å². The third kappa shape index (κ3) is 5.29. The molecule has 0 bridgehead atoms. The predicted octanol–water partition coefficient (Wildman–Crippen LogP) is 6.04. The second-order valence-corrected chi connectivity index (χ2v) is 10.3. The van der Waals surface area contributed by atoms with Gasteiger partial charge in [-0.3, -0.25) is 4.98 Å². The minimum Gasteiger partial charge on any atom is -0.495 e. The van der Waals surface area contributed by atoms with Crippen LogP contribution in [0.4, 0.5) is 11.6 Å². The molecule has 0 spiro atoms. The smallest absolute Gasteiger partial charge is 0.227 e. The number of anilines is 2. The number of fused-ring (bicyclic) bond motifs is 1. The highest BCUT2D eigenvalue weighted by Gasteiger charge is 2.21. The first-order valence-corrected chi connectivity index (χ1v) is 13.4. The van der Waals surface area contributed by atoms with Gasteiger partial charge in [0.15, 0.2) is 0 Å². The van der Waals surface area contributed by atoms with E-state index in [0.717, 1.165) is 70.0 Å². The van der Waals surface area contributed by atoms with Crippen LogP contribution in [0.25, 0.3) is 32.6 Å². The summed E-state index contributed by atoms with van der Waals surface area (Å²) in [5.74, 6) is 2.05. The Labute approximate surface area is 225 Å². The summed E-state index contributed by atoms with van der Waals surface area (Å²) in [6.07, 6.45) is 9.36. The number of pyridine rings is 1. The molecule has 9 heteroatoms. The van der Waals surface area contributed by atoms with E-state index in [4.69, 9.17) is 14.5 Å². The molecule has 0 aliphatic carbocycles. The Morgan fingerprint density at radius 3 is 2.71 bits per heavy atom. The van der Waals surface area contributed by atoms with Crippen LogP contribution < -0.4 is 14.8 Å². The molecule has 1 N–H and O–H groups in total. The van der Waals surface area contributed by atoms with Crippen LogP contribution in [-0.4, -0.2) is 58.2 Å². The van der Waals surface area contributed by atoms with Crippen LogP contribution in [0.15, 0.2) is 72.6 Å². The standard InChI is InChI=1S/C29H28N6O2S/c1-35-9-6-23(7-10-35)37-27-15-26-21(14-25(27)28-31-8-11-38-28)17-32-29(34-26)33-22-5-3-4-19(12-22)20-13-24(36-2)18-30-16-20/h3-5,8,11-18,23H,6-7,9-10H2,1-2H3,(H,32,33,34). The summed E-state index contributed by atoms with van der Waals surface area (Å²) >= 11 is 1.60. The SMILES string of the molecule is COc1cncc(-c2cccc(Nc3ncc4cc(-c5nccs5)c(OC5CCN(C)CC5)cc4n3)c2)c1. The van der Waals surface area contributed by atoms with Gasteiger partial charge in [0.25, 0.3) is 0 Å². The second kappa shape index (κ2) is 10.7. The largest absolute Gasteiger partial charge is 0.495 e. The van der Waals surface area contributed by atoms with Crippen molar-refractivity contribution in [1.29, 1.82) is 0 Å². The third-order valence-electron chi connectivity index (χ3n) is 6.70. The second-order valence-electron chi connectivity index (χ2n) is 9.38. The molecular weight excluding hydrogens is 496 g/mol. The Hall–Kier alpha value is -4.08. The number of nitrogens with zero attached hydrogens (tertiary/aromatic N) is 5. The molecule has 8 nitrogen and oxygen atoms in total. The molecule has 6 rings (SSSR count). The summed E-state index contributed by atoms with van der Waals surface area (Å²) in [5, 5.41) is 7.21. The number of methoxy groups -OCH3 is 1. The Bertz CT molecular complexity index is 1550. The Morgan fingerprint density at radius 2 is 1.89 bits per heavy atom. The number of rotatable bonds is 7. The molecule has 3 aromatic heterocycles. The van der Waals surface area contributed by atoms with Crippen molar-refractivity contribution in [2.24, 2.45) is 0 Å². The van der Waals surface area contributed by atoms with Crippen LogP contribution in [0, 0.1) is 0 Å². The van der Waals surface area contributed by atoms with Gasteiger partial charge >= 0.3 is 0 Å². The summed E-state index contributed by atoms with van der Waals surface area (Å²) in [6.45, 7) is 2.07. The zero-order chi connectivity index (χ0) is 25.9. The maximum atomic E-state index is 6.55. The van der Waals surface area contributed by atoms with Crippen molar-refractivity contribution in [3.8, 4) is 33.2 Å².